The van der Waals surface area contributed by atoms with E-state index in [1.807, 2.05) is 12.1 Å². The second-order valence-corrected chi connectivity index (χ2v) is 4.56. The molecule has 18 heavy (non-hydrogen) atoms. The van der Waals surface area contributed by atoms with Gasteiger partial charge in [-0.05, 0) is 29.7 Å². The first-order valence-electron chi connectivity index (χ1n) is 6.18. The molecule has 0 saturated carbocycles. The zero-order chi connectivity index (χ0) is 12.4. The van der Waals surface area contributed by atoms with Crippen LogP contribution in [0.4, 0.5) is 5.82 Å². The summed E-state index contributed by atoms with van der Waals surface area (Å²) in [5.74, 6) is 2.31. The summed E-state index contributed by atoms with van der Waals surface area (Å²) in [5.41, 5.74) is 2.95. The van der Waals surface area contributed by atoms with E-state index < -0.39 is 0 Å². The van der Waals surface area contributed by atoms with Crippen molar-refractivity contribution in [3.8, 4) is 5.75 Å². The average molecular weight is 240 g/mol. The molecule has 1 aliphatic rings. The molecule has 0 amide bonds. The Bertz CT molecular complexity index is 536. The van der Waals surface area contributed by atoms with Crippen LogP contribution in [0, 0.1) is 0 Å². The van der Waals surface area contributed by atoms with E-state index in [0.717, 1.165) is 18.1 Å². The number of rotatable bonds is 4. The Morgan fingerprint density at radius 3 is 2.89 bits per heavy atom. The molecule has 92 valence electrons. The highest BCUT2D eigenvalue weighted by Crippen LogP contribution is 2.34. The summed E-state index contributed by atoms with van der Waals surface area (Å²) in [7, 11) is 1.65. The van der Waals surface area contributed by atoms with Crippen molar-refractivity contribution in [3.05, 3.63) is 53.7 Å². The number of hydrogen-bond donors (Lipinski definition) is 1. The third-order valence-electron chi connectivity index (χ3n) is 3.46. The van der Waals surface area contributed by atoms with Gasteiger partial charge in [0.2, 0.25) is 0 Å². The van der Waals surface area contributed by atoms with Crippen LogP contribution in [0.15, 0.2) is 42.6 Å². The summed E-state index contributed by atoms with van der Waals surface area (Å²) in [5, 5.41) is 3.37. The Labute approximate surface area is 107 Å². The van der Waals surface area contributed by atoms with Gasteiger partial charge in [-0.2, -0.15) is 0 Å². The lowest BCUT2D eigenvalue weighted by molar-refractivity contribution is 0.413. The fourth-order valence-electron chi connectivity index (χ4n) is 2.38. The van der Waals surface area contributed by atoms with E-state index in [9.17, 15) is 0 Å². The first kappa shape index (κ1) is 11.1. The average Bonchev–Trinajstić information content (AvgIpc) is 2.40. The van der Waals surface area contributed by atoms with Crippen molar-refractivity contribution >= 4 is 5.82 Å². The second-order valence-electron chi connectivity index (χ2n) is 4.56. The van der Waals surface area contributed by atoms with E-state index in [2.05, 4.69) is 34.6 Å². The van der Waals surface area contributed by atoms with Gasteiger partial charge in [0.25, 0.3) is 0 Å². The molecule has 0 fully saturated rings. The molecular formula is C15H16N2O. The summed E-state index contributed by atoms with van der Waals surface area (Å²) in [6.07, 6.45) is 2.90. The minimum atomic E-state index is 0.616. The molecule has 1 aliphatic carbocycles. The summed E-state index contributed by atoms with van der Waals surface area (Å²) < 4.78 is 5.08. The number of nitrogens with zero attached hydrogens (tertiary/aromatic N) is 1. The van der Waals surface area contributed by atoms with Crippen LogP contribution in [0.1, 0.15) is 17.0 Å². The van der Waals surface area contributed by atoms with Crippen molar-refractivity contribution < 1.29 is 4.74 Å². The molecule has 1 N–H and O–H groups in total. The number of ether oxygens (including phenoxy) is 1. The van der Waals surface area contributed by atoms with Gasteiger partial charge in [-0.3, -0.25) is 0 Å². The zero-order valence-electron chi connectivity index (χ0n) is 10.4. The number of nitrogens with one attached hydrogen (secondary N) is 1. The third kappa shape index (κ3) is 2.04. The van der Waals surface area contributed by atoms with Gasteiger partial charge < -0.3 is 10.1 Å². The molecule has 0 bridgehead atoms. The number of benzene rings is 1. The molecule has 0 spiro atoms. The van der Waals surface area contributed by atoms with Gasteiger partial charge in [0.15, 0.2) is 0 Å². The van der Waals surface area contributed by atoms with Gasteiger partial charge in [-0.15, -0.1) is 0 Å². The fourth-order valence-corrected chi connectivity index (χ4v) is 2.38. The maximum absolute atomic E-state index is 5.08. The molecule has 0 aliphatic heterocycles. The van der Waals surface area contributed by atoms with Crippen molar-refractivity contribution in [2.75, 3.05) is 19.0 Å². The summed E-state index contributed by atoms with van der Waals surface area (Å²) in [6, 6.07) is 12.5. The van der Waals surface area contributed by atoms with Crippen LogP contribution >= 0.6 is 0 Å². The topological polar surface area (TPSA) is 34.1 Å². The number of hydrogen-bond acceptors (Lipinski definition) is 3. The van der Waals surface area contributed by atoms with E-state index in [1.165, 1.54) is 17.5 Å². The molecule has 1 aromatic heterocycles. The van der Waals surface area contributed by atoms with Gasteiger partial charge in [0.05, 0.1) is 13.3 Å². The highest BCUT2D eigenvalue weighted by Gasteiger charge is 2.24. The monoisotopic (exact) mass is 240 g/mol. The van der Waals surface area contributed by atoms with Crippen molar-refractivity contribution in [3.63, 3.8) is 0 Å². The molecule has 1 heterocycles. The maximum Gasteiger partial charge on any atom is 0.137 e. The van der Waals surface area contributed by atoms with Crippen molar-refractivity contribution in [1.82, 2.24) is 4.98 Å². The predicted octanol–water partition coefficient (Wildman–Crippen LogP) is 2.84. The first-order chi connectivity index (χ1) is 8.86. The SMILES string of the molecule is COc1ccc(NCC2Cc3ccccc32)nc1. The number of pyridine rings is 1. The van der Waals surface area contributed by atoms with E-state index in [0.29, 0.717) is 5.92 Å². The molecule has 0 radical (unpaired) electrons. The van der Waals surface area contributed by atoms with Crippen LogP contribution in [0.2, 0.25) is 0 Å². The van der Waals surface area contributed by atoms with Crippen LogP contribution in [0.3, 0.4) is 0 Å². The molecule has 1 atom stereocenters. The molecule has 1 unspecified atom stereocenters. The number of aromatic nitrogens is 1. The lowest BCUT2D eigenvalue weighted by Crippen LogP contribution is -2.24. The molecule has 2 aromatic rings. The molecule has 3 nitrogen and oxygen atoms in total. The van der Waals surface area contributed by atoms with Crippen LogP contribution in [0.5, 0.6) is 5.75 Å². The largest absolute Gasteiger partial charge is 0.495 e. The lowest BCUT2D eigenvalue weighted by atomic mass is 9.77. The predicted molar refractivity (Wildman–Crippen MR) is 72.2 cm³/mol. The maximum atomic E-state index is 5.08. The Morgan fingerprint density at radius 2 is 2.17 bits per heavy atom. The Morgan fingerprint density at radius 1 is 1.28 bits per heavy atom. The summed E-state index contributed by atoms with van der Waals surface area (Å²) >= 11 is 0. The highest BCUT2D eigenvalue weighted by molar-refractivity contribution is 5.43. The number of fused-ring (bicyclic) bond motifs is 1. The van der Waals surface area contributed by atoms with Crippen molar-refractivity contribution in [1.29, 1.82) is 0 Å². The lowest BCUT2D eigenvalue weighted by Gasteiger charge is -2.30. The van der Waals surface area contributed by atoms with Crippen LogP contribution < -0.4 is 10.1 Å². The van der Waals surface area contributed by atoms with Gasteiger partial charge in [0, 0.05) is 12.5 Å². The minimum Gasteiger partial charge on any atom is -0.495 e. The van der Waals surface area contributed by atoms with Gasteiger partial charge in [-0.25, -0.2) is 4.98 Å². The van der Waals surface area contributed by atoms with E-state index in [-0.39, 0.29) is 0 Å². The van der Waals surface area contributed by atoms with Crippen LogP contribution in [0.25, 0.3) is 0 Å². The van der Waals surface area contributed by atoms with Gasteiger partial charge >= 0.3 is 0 Å². The Kier molecular flexibility index (Phi) is 2.89. The molecule has 3 heteroatoms. The normalized spacial score (nSPS) is 16.6. The first-order valence-corrected chi connectivity index (χ1v) is 6.18. The number of anilines is 1. The summed E-state index contributed by atoms with van der Waals surface area (Å²) in [6.45, 7) is 0.941. The van der Waals surface area contributed by atoms with Crippen molar-refractivity contribution in [2.24, 2.45) is 0 Å². The molecular weight excluding hydrogens is 224 g/mol. The minimum absolute atomic E-state index is 0.616. The Balaban J connectivity index is 1.59. The highest BCUT2D eigenvalue weighted by atomic mass is 16.5. The summed E-state index contributed by atoms with van der Waals surface area (Å²) in [4.78, 5) is 4.30. The smallest absolute Gasteiger partial charge is 0.137 e. The fraction of sp³-hybridized carbons (Fsp3) is 0.267. The Hall–Kier alpha value is -2.03. The number of methoxy groups -OCH3 is 1. The van der Waals surface area contributed by atoms with Gasteiger partial charge in [-0.1, -0.05) is 24.3 Å². The van der Waals surface area contributed by atoms with Crippen molar-refractivity contribution in [2.45, 2.75) is 12.3 Å². The molecule has 0 saturated heterocycles. The quantitative estimate of drug-likeness (QED) is 0.892. The second kappa shape index (κ2) is 4.69. The zero-order valence-corrected chi connectivity index (χ0v) is 10.4. The van der Waals surface area contributed by atoms with Crippen LogP contribution in [-0.4, -0.2) is 18.6 Å². The van der Waals surface area contributed by atoms with E-state index >= 15 is 0 Å². The van der Waals surface area contributed by atoms with E-state index in [1.54, 1.807) is 13.3 Å². The molecule has 1 aromatic carbocycles. The van der Waals surface area contributed by atoms with Gasteiger partial charge in [0.1, 0.15) is 11.6 Å². The van der Waals surface area contributed by atoms with E-state index in [4.69, 9.17) is 4.74 Å². The molecule has 3 rings (SSSR count). The standard InChI is InChI=1S/C15H16N2O/c1-18-13-6-7-15(17-10-13)16-9-12-8-11-4-2-3-5-14(11)12/h2-7,10,12H,8-9H2,1H3,(H,16,17). The third-order valence-corrected chi connectivity index (χ3v) is 3.46. The van der Waals surface area contributed by atoms with Crippen LogP contribution in [-0.2, 0) is 6.42 Å².